The lowest BCUT2D eigenvalue weighted by Gasteiger charge is -2.32. The molecule has 1 aliphatic heterocycles. The van der Waals surface area contributed by atoms with E-state index < -0.39 is 0 Å². The molecule has 0 radical (unpaired) electrons. The van der Waals surface area contributed by atoms with Crippen molar-refractivity contribution in [3.05, 3.63) is 28.8 Å². The molecule has 0 saturated heterocycles. The second-order valence-corrected chi connectivity index (χ2v) is 7.59. The average Bonchev–Trinajstić information content (AvgIpc) is 2.25. The van der Waals surface area contributed by atoms with Crippen LogP contribution >= 0.6 is 0 Å². The van der Waals surface area contributed by atoms with Crippen molar-refractivity contribution in [2.24, 2.45) is 0 Å². The highest BCUT2D eigenvalue weighted by atomic mass is 14.9. The first-order chi connectivity index (χ1) is 8.19. The van der Waals surface area contributed by atoms with Gasteiger partial charge in [-0.05, 0) is 40.4 Å². The summed E-state index contributed by atoms with van der Waals surface area (Å²) in [4.78, 5) is 0. The zero-order valence-corrected chi connectivity index (χ0v) is 12.8. The summed E-state index contributed by atoms with van der Waals surface area (Å²) < 4.78 is 0. The van der Waals surface area contributed by atoms with Gasteiger partial charge in [0, 0.05) is 12.2 Å². The molecule has 1 heterocycles. The maximum Gasteiger partial charge on any atom is 0.0410 e. The molecule has 0 aliphatic carbocycles. The monoisotopic (exact) mass is 245 g/mol. The summed E-state index contributed by atoms with van der Waals surface area (Å²) in [5, 5.41) is 3.62. The van der Waals surface area contributed by atoms with Crippen LogP contribution in [0, 0.1) is 0 Å². The summed E-state index contributed by atoms with van der Waals surface area (Å²) in [6.07, 6.45) is 2.47. The van der Waals surface area contributed by atoms with E-state index in [0.717, 1.165) is 6.54 Å². The SMILES string of the molecule is CC(C)(C)c1cc2c(c(C(C)(C)C)c1)NCCC2. The fourth-order valence-corrected chi connectivity index (χ4v) is 2.62. The van der Waals surface area contributed by atoms with Crippen molar-refractivity contribution in [2.75, 3.05) is 11.9 Å². The smallest absolute Gasteiger partial charge is 0.0410 e. The lowest BCUT2D eigenvalue weighted by molar-refractivity contribution is 0.566. The summed E-state index contributed by atoms with van der Waals surface area (Å²) in [5.74, 6) is 0. The molecule has 0 atom stereocenters. The van der Waals surface area contributed by atoms with Gasteiger partial charge in [0.1, 0.15) is 0 Å². The van der Waals surface area contributed by atoms with E-state index in [2.05, 4.69) is 59.0 Å². The topological polar surface area (TPSA) is 12.0 Å². The van der Waals surface area contributed by atoms with Crippen molar-refractivity contribution in [1.82, 2.24) is 0 Å². The van der Waals surface area contributed by atoms with Gasteiger partial charge >= 0.3 is 0 Å². The molecule has 1 aromatic rings. The van der Waals surface area contributed by atoms with Crippen LogP contribution in [0.25, 0.3) is 0 Å². The first-order valence-corrected chi connectivity index (χ1v) is 7.11. The molecule has 2 rings (SSSR count). The average molecular weight is 245 g/mol. The van der Waals surface area contributed by atoms with E-state index in [9.17, 15) is 0 Å². The van der Waals surface area contributed by atoms with Gasteiger partial charge in [-0.2, -0.15) is 0 Å². The van der Waals surface area contributed by atoms with E-state index >= 15 is 0 Å². The molecule has 1 N–H and O–H groups in total. The third kappa shape index (κ3) is 2.55. The van der Waals surface area contributed by atoms with Gasteiger partial charge in [-0.25, -0.2) is 0 Å². The lowest BCUT2D eigenvalue weighted by Crippen LogP contribution is -2.23. The third-order valence-corrected chi connectivity index (χ3v) is 3.82. The van der Waals surface area contributed by atoms with Gasteiger partial charge in [-0.1, -0.05) is 53.7 Å². The van der Waals surface area contributed by atoms with Crippen LogP contribution in [0.1, 0.15) is 64.7 Å². The van der Waals surface area contributed by atoms with E-state index in [4.69, 9.17) is 0 Å². The quantitative estimate of drug-likeness (QED) is 0.702. The minimum atomic E-state index is 0.204. The minimum absolute atomic E-state index is 0.204. The largest absolute Gasteiger partial charge is 0.385 e. The number of aryl methyl sites for hydroxylation is 1. The molecule has 0 unspecified atom stereocenters. The Morgan fingerprint density at radius 3 is 2.17 bits per heavy atom. The molecule has 1 nitrogen and oxygen atoms in total. The Labute approximate surface area is 112 Å². The molecular weight excluding hydrogens is 218 g/mol. The van der Waals surface area contributed by atoms with Crippen molar-refractivity contribution < 1.29 is 0 Å². The molecule has 0 amide bonds. The number of hydrogen-bond acceptors (Lipinski definition) is 1. The summed E-state index contributed by atoms with van der Waals surface area (Å²) in [6, 6.07) is 4.83. The Balaban J connectivity index is 2.63. The second-order valence-electron chi connectivity index (χ2n) is 7.59. The third-order valence-electron chi connectivity index (χ3n) is 3.82. The van der Waals surface area contributed by atoms with Crippen molar-refractivity contribution in [1.29, 1.82) is 0 Å². The van der Waals surface area contributed by atoms with Gasteiger partial charge in [0.25, 0.3) is 0 Å². The standard InChI is InChI=1S/C17H27N/c1-16(2,3)13-10-12-8-7-9-18-15(12)14(11-13)17(4,5)6/h10-11,18H,7-9H2,1-6H3. The Morgan fingerprint density at radius 2 is 1.61 bits per heavy atom. The summed E-state index contributed by atoms with van der Waals surface area (Å²) in [7, 11) is 0. The normalized spacial score (nSPS) is 16.1. The van der Waals surface area contributed by atoms with Gasteiger partial charge in [0.15, 0.2) is 0 Å². The zero-order chi connectivity index (χ0) is 13.6. The van der Waals surface area contributed by atoms with Gasteiger partial charge in [0.05, 0.1) is 0 Å². The molecule has 18 heavy (non-hydrogen) atoms. The van der Waals surface area contributed by atoms with Crippen molar-refractivity contribution in [2.45, 2.75) is 65.2 Å². The molecule has 1 heteroatoms. The first-order valence-electron chi connectivity index (χ1n) is 7.11. The number of fused-ring (bicyclic) bond motifs is 1. The molecule has 1 aliphatic rings. The van der Waals surface area contributed by atoms with Gasteiger partial charge in [-0.15, -0.1) is 0 Å². The van der Waals surface area contributed by atoms with Crippen LogP contribution in [0.5, 0.6) is 0 Å². The fraction of sp³-hybridized carbons (Fsp3) is 0.647. The highest BCUT2D eigenvalue weighted by Gasteiger charge is 2.25. The second kappa shape index (κ2) is 4.29. The van der Waals surface area contributed by atoms with Crippen molar-refractivity contribution >= 4 is 5.69 Å². The van der Waals surface area contributed by atoms with Crippen LogP contribution in [0.3, 0.4) is 0 Å². The molecule has 0 bridgehead atoms. The van der Waals surface area contributed by atoms with Gasteiger partial charge < -0.3 is 5.32 Å². The maximum absolute atomic E-state index is 3.62. The highest BCUT2D eigenvalue weighted by Crippen LogP contribution is 2.38. The zero-order valence-electron chi connectivity index (χ0n) is 12.8. The maximum atomic E-state index is 3.62. The predicted molar refractivity (Wildman–Crippen MR) is 80.7 cm³/mol. The highest BCUT2D eigenvalue weighted by molar-refractivity contribution is 5.63. The molecule has 1 aromatic carbocycles. The number of benzene rings is 1. The van der Waals surface area contributed by atoms with E-state index in [-0.39, 0.29) is 10.8 Å². The van der Waals surface area contributed by atoms with Crippen LogP contribution in [-0.4, -0.2) is 6.54 Å². The molecule has 0 saturated carbocycles. The fourth-order valence-electron chi connectivity index (χ4n) is 2.62. The van der Waals surface area contributed by atoms with Gasteiger partial charge in [0.2, 0.25) is 0 Å². The van der Waals surface area contributed by atoms with Crippen LogP contribution in [0.4, 0.5) is 5.69 Å². The van der Waals surface area contributed by atoms with Crippen LogP contribution in [-0.2, 0) is 17.3 Å². The molecule has 0 aromatic heterocycles. The number of hydrogen-bond donors (Lipinski definition) is 1. The molecule has 0 fully saturated rings. The Bertz CT molecular complexity index is 444. The Morgan fingerprint density at radius 1 is 0.944 bits per heavy atom. The lowest BCUT2D eigenvalue weighted by atomic mass is 9.77. The predicted octanol–water partition coefficient (Wildman–Crippen LogP) is 4.64. The van der Waals surface area contributed by atoms with E-state index in [0.29, 0.717) is 0 Å². The number of anilines is 1. The number of nitrogens with one attached hydrogen (secondary N) is 1. The minimum Gasteiger partial charge on any atom is -0.385 e. The molecule has 0 spiro atoms. The Hall–Kier alpha value is -0.980. The summed E-state index contributed by atoms with van der Waals surface area (Å²) >= 11 is 0. The van der Waals surface area contributed by atoms with E-state index in [1.807, 2.05) is 0 Å². The Kier molecular flexibility index (Phi) is 3.21. The van der Waals surface area contributed by atoms with Crippen molar-refractivity contribution in [3.63, 3.8) is 0 Å². The summed E-state index contributed by atoms with van der Waals surface area (Å²) in [5.41, 5.74) is 6.29. The molecule has 100 valence electrons. The summed E-state index contributed by atoms with van der Waals surface area (Å²) in [6.45, 7) is 15.0. The van der Waals surface area contributed by atoms with Crippen molar-refractivity contribution in [3.8, 4) is 0 Å². The van der Waals surface area contributed by atoms with Gasteiger partial charge in [-0.3, -0.25) is 0 Å². The van der Waals surface area contributed by atoms with Crippen LogP contribution in [0.2, 0.25) is 0 Å². The number of rotatable bonds is 0. The van der Waals surface area contributed by atoms with Crippen LogP contribution in [0.15, 0.2) is 12.1 Å². The van der Waals surface area contributed by atoms with Crippen LogP contribution < -0.4 is 5.32 Å². The van der Waals surface area contributed by atoms with E-state index in [1.54, 1.807) is 0 Å². The van der Waals surface area contributed by atoms with E-state index in [1.165, 1.54) is 35.2 Å². The first kappa shape index (κ1) is 13.5. The molecular formula is C17H27N.